The molecular weight excluding hydrogens is 405 g/mol. The number of halogens is 3. The highest BCUT2D eigenvalue weighted by Crippen LogP contribution is 2.31. The molecule has 0 unspecified atom stereocenters. The number of hydrogen-bond acceptors (Lipinski definition) is 2. The van der Waals surface area contributed by atoms with Gasteiger partial charge in [0, 0.05) is 25.4 Å². The van der Waals surface area contributed by atoms with Crippen LogP contribution in [0.1, 0.15) is 11.1 Å². The van der Waals surface area contributed by atoms with Gasteiger partial charge >= 0.3 is 0 Å². The Bertz CT molecular complexity index is 987. The third kappa shape index (κ3) is 4.84. The molecule has 0 saturated heterocycles. The van der Waals surface area contributed by atoms with Crippen LogP contribution in [0.25, 0.3) is 11.6 Å². The zero-order chi connectivity index (χ0) is 18.5. The van der Waals surface area contributed by atoms with Crippen LogP contribution < -0.4 is 0 Å². The molecule has 0 aliphatic heterocycles. The van der Waals surface area contributed by atoms with Gasteiger partial charge in [0.1, 0.15) is 0 Å². The first-order valence-corrected chi connectivity index (χ1v) is 9.61. The van der Waals surface area contributed by atoms with E-state index in [0.29, 0.717) is 21.2 Å². The summed E-state index contributed by atoms with van der Waals surface area (Å²) in [6, 6.07) is 23.0. The van der Waals surface area contributed by atoms with Crippen LogP contribution >= 0.6 is 46.6 Å². The van der Waals surface area contributed by atoms with E-state index in [2.05, 4.69) is 6.07 Å². The number of nitriles is 1. The Morgan fingerprint density at radius 2 is 1.38 bits per heavy atom. The maximum absolute atomic E-state index is 9.48. The Kier molecular flexibility index (Phi) is 6.29. The van der Waals surface area contributed by atoms with Gasteiger partial charge in [-0.2, -0.15) is 5.26 Å². The van der Waals surface area contributed by atoms with Crippen LogP contribution in [0.15, 0.2) is 76.5 Å². The van der Waals surface area contributed by atoms with E-state index in [9.17, 15) is 5.26 Å². The Morgan fingerprint density at radius 1 is 0.808 bits per heavy atom. The van der Waals surface area contributed by atoms with Gasteiger partial charge in [0.15, 0.2) is 0 Å². The average molecular weight is 417 g/mol. The smallest absolute Gasteiger partial charge is 0.0998 e. The van der Waals surface area contributed by atoms with Crippen LogP contribution in [-0.4, -0.2) is 0 Å². The van der Waals surface area contributed by atoms with Crippen LogP contribution in [0.3, 0.4) is 0 Å². The summed E-state index contributed by atoms with van der Waals surface area (Å²) < 4.78 is 0. The van der Waals surface area contributed by atoms with Crippen molar-refractivity contribution in [2.24, 2.45) is 0 Å². The highest BCUT2D eigenvalue weighted by atomic mass is 35.5. The summed E-state index contributed by atoms with van der Waals surface area (Å²) in [5.74, 6) is 0. The lowest BCUT2D eigenvalue weighted by Gasteiger charge is -2.05. The van der Waals surface area contributed by atoms with E-state index < -0.39 is 0 Å². The standard InChI is InChI=1S/C21H12Cl3NS/c22-16-3-8-19(9-4-16)26-18-6-1-14(2-7-18)11-15(13-25)20-10-5-17(23)12-21(20)24/h1-12H/b15-11-. The van der Waals surface area contributed by atoms with Crippen LogP contribution in [0.2, 0.25) is 15.1 Å². The van der Waals surface area contributed by atoms with Crippen LogP contribution in [-0.2, 0) is 0 Å². The highest BCUT2D eigenvalue weighted by Gasteiger charge is 2.07. The SMILES string of the molecule is N#C/C(=C/c1ccc(Sc2ccc(Cl)cc2)cc1)c1ccc(Cl)cc1Cl. The second-order valence-corrected chi connectivity index (χ2v) is 7.85. The third-order valence-corrected chi connectivity index (χ3v) is 5.40. The van der Waals surface area contributed by atoms with Crippen molar-refractivity contribution in [2.45, 2.75) is 9.79 Å². The fourth-order valence-corrected chi connectivity index (χ4v) is 3.77. The Labute approximate surface area is 171 Å². The summed E-state index contributed by atoms with van der Waals surface area (Å²) in [5.41, 5.74) is 2.08. The van der Waals surface area contributed by atoms with E-state index >= 15 is 0 Å². The largest absolute Gasteiger partial charge is 0.192 e. The van der Waals surface area contributed by atoms with Crippen molar-refractivity contribution in [1.82, 2.24) is 0 Å². The Hall–Kier alpha value is -1.89. The van der Waals surface area contributed by atoms with Crippen molar-refractivity contribution in [3.63, 3.8) is 0 Å². The van der Waals surface area contributed by atoms with E-state index in [4.69, 9.17) is 34.8 Å². The van der Waals surface area contributed by atoms with Crippen molar-refractivity contribution in [3.8, 4) is 6.07 Å². The molecule has 3 aromatic rings. The quantitative estimate of drug-likeness (QED) is 0.319. The van der Waals surface area contributed by atoms with E-state index in [0.717, 1.165) is 20.4 Å². The minimum absolute atomic E-state index is 0.459. The second kappa shape index (κ2) is 8.66. The van der Waals surface area contributed by atoms with Gasteiger partial charge in [0.05, 0.1) is 16.7 Å². The van der Waals surface area contributed by atoms with Gasteiger partial charge in [-0.05, 0) is 60.2 Å². The van der Waals surface area contributed by atoms with Crippen molar-refractivity contribution >= 4 is 58.2 Å². The molecule has 0 aliphatic carbocycles. The molecule has 3 aromatic carbocycles. The van der Waals surface area contributed by atoms with Crippen molar-refractivity contribution in [2.75, 3.05) is 0 Å². The third-order valence-electron chi connectivity index (χ3n) is 3.58. The molecule has 5 heteroatoms. The molecule has 0 atom stereocenters. The zero-order valence-corrected chi connectivity index (χ0v) is 16.5. The molecule has 0 bridgehead atoms. The summed E-state index contributed by atoms with van der Waals surface area (Å²) in [6.45, 7) is 0. The van der Waals surface area contributed by atoms with Gasteiger partial charge in [-0.15, -0.1) is 0 Å². The van der Waals surface area contributed by atoms with Crippen molar-refractivity contribution in [3.05, 3.63) is 92.9 Å². The molecule has 3 rings (SSSR count). The van der Waals surface area contributed by atoms with Gasteiger partial charge < -0.3 is 0 Å². The first-order valence-electron chi connectivity index (χ1n) is 7.66. The minimum Gasteiger partial charge on any atom is -0.192 e. The maximum atomic E-state index is 9.48. The fourth-order valence-electron chi connectivity index (χ4n) is 2.32. The summed E-state index contributed by atoms with van der Waals surface area (Å²) in [7, 11) is 0. The molecule has 26 heavy (non-hydrogen) atoms. The first kappa shape index (κ1) is 18.9. The zero-order valence-electron chi connectivity index (χ0n) is 13.4. The maximum Gasteiger partial charge on any atom is 0.0998 e. The normalized spacial score (nSPS) is 11.2. The molecular formula is C21H12Cl3NS. The molecule has 1 nitrogen and oxygen atoms in total. The van der Waals surface area contributed by atoms with Gasteiger partial charge in [-0.1, -0.05) is 64.8 Å². The predicted octanol–water partition coefficient (Wildman–Crippen LogP) is 7.86. The van der Waals surface area contributed by atoms with E-state index in [1.54, 1.807) is 30.0 Å². The van der Waals surface area contributed by atoms with Crippen LogP contribution in [0, 0.1) is 11.3 Å². The number of benzene rings is 3. The summed E-state index contributed by atoms with van der Waals surface area (Å²) in [6.07, 6.45) is 1.81. The fraction of sp³-hybridized carbons (Fsp3) is 0. The van der Waals surface area contributed by atoms with Gasteiger partial charge in [-0.25, -0.2) is 0 Å². The van der Waals surface area contributed by atoms with E-state index in [1.807, 2.05) is 54.6 Å². The summed E-state index contributed by atoms with van der Waals surface area (Å²) in [4.78, 5) is 2.22. The molecule has 128 valence electrons. The number of rotatable bonds is 4. The number of hydrogen-bond donors (Lipinski definition) is 0. The van der Waals surface area contributed by atoms with E-state index in [1.165, 1.54) is 0 Å². The van der Waals surface area contributed by atoms with Crippen molar-refractivity contribution < 1.29 is 0 Å². The molecule has 0 saturated carbocycles. The minimum atomic E-state index is 0.459. The molecule has 0 N–H and O–H groups in total. The average Bonchev–Trinajstić information content (AvgIpc) is 2.63. The molecule has 0 spiro atoms. The van der Waals surface area contributed by atoms with E-state index in [-0.39, 0.29) is 0 Å². The Balaban J connectivity index is 1.81. The summed E-state index contributed by atoms with van der Waals surface area (Å²) >= 11 is 19.7. The van der Waals surface area contributed by atoms with Gasteiger partial charge in [0.25, 0.3) is 0 Å². The van der Waals surface area contributed by atoms with Crippen LogP contribution in [0.5, 0.6) is 0 Å². The predicted molar refractivity (Wildman–Crippen MR) is 112 cm³/mol. The molecule has 0 fully saturated rings. The Morgan fingerprint density at radius 3 is 1.96 bits per heavy atom. The molecule has 0 heterocycles. The van der Waals surface area contributed by atoms with Crippen LogP contribution in [0.4, 0.5) is 0 Å². The topological polar surface area (TPSA) is 23.8 Å². The first-order chi connectivity index (χ1) is 12.5. The second-order valence-electron chi connectivity index (χ2n) is 5.42. The van der Waals surface area contributed by atoms with Gasteiger partial charge in [0.2, 0.25) is 0 Å². The highest BCUT2D eigenvalue weighted by molar-refractivity contribution is 7.99. The lowest BCUT2D eigenvalue weighted by atomic mass is 10.0. The number of allylic oxidation sites excluding steroid dienone is 1. The molecule has 0 radical (unpaired) electrons. The van der Waals surface area contributed by atoms with Crippen molar-refractivity contribution in [1.29, 1.82) is 5.26 Å². The molecule has 0 aliphatic rings. The lowest BCUT2D eigenvalue weighted by molar-refractivity contribution is 1.40. The lowest BCUT2D eigenvalue weighted by Crippen LogP contribution is -1.84. The van der Waals surface area contributed by atoms with Gasteiger partial charge in [-0.3, -0.25) is 0 Å². The summed E-state index contributed by atoms with van der Waals surface area (Å²) in [5, 5.41) is 11.2. The number of nitrogens with zero attached hydrogens (tertiary/aromatic N) is 1. The monoisotopic (exact) mass is 415 g/mol. The molecule has 0 aromatic heterocycles. The molecule has 0 amide bonds.